The highest BCUT2D eigenvalue weighted by atomic mass is 16.3. The molecule has 0 unspecified atom stereocenters. The van der Waals surface area contributed by atoms with Crippen molar-refractivity contribution >= 4 is 11.5 Å². The zero-order valence-electron chi connectivity index (χ0n) is 10.6. The quantitative estimate of drug-likeness (QED) is 0.529. The molecule has 1 saturated carbocycles. The standard InChI is InChI=1S/C14H21N3O/c15-14(16)11-5-7-13(8-6-11)17(9-2-10-18)12-3-1-4-12/h5-8,12,18H,1-4,9-10H2,(H3,15,16). The van der Waals surface area contributed by atoms with Crippen LogP contribution in [0.25, 0.3) is 0 Å². The molecule has 1 aliphatic carbocycles. The topological polar surface area (TPSA) is 73.3 Å². The predicted octanol–water partition coefficient (Wildman–Crippen LogP) is 1.71. The van der Waals surface area contributed by atoms with Crippen molar-refractivity contribution in [2.45, 2.75) is 31.7 Å². The zero-order valence-corrected chi connectivity index (χ0v) is 10.6. The number of hydrogen-bond acceptors (Lipinski definition) is 3. The Bertz CT molecular complexity index is 398. The summed E-state index contributed by atoms with van der Waals surface area (Å²) in [5, 5.41) is 16.4. The minimum Gasteiger partial charge on any atom is -0.396 e. The van der Waals surface area contributed by atoms with Crippen LogP contribution in [0.15, 0.2) is 24.3 Å². The van der Waals surface area contributed by atoms with Crippen LogP contribution < -0.4 is 10.6 Å². The molecule has 0 spiro atoms. The number of nitrogen functional groups attached to an aromatic ring is 1. The van der Waals surface area contributed by atoms with Crippen LogP contribution >= 0.6 is 0 Å². The Morgan fingerprint density at radius 1 is 1.33 bits per heavy atom. The molecule has 4 nitrogen and oxygen atoms in total. The van der Waals surface area contributed by atoms with E-state index in [0.717, 1.165) is 24.2 Å². The normalized spacial score (nSPS) is 15.2. The number of rotatable bonds is 6. The van der Waals surface area contributed by atoms with Crippen molar-refractivity contribution in [1.82, 2.24) is 0 Å². The molecular weight excluding hydrogens is 226 g/mol. The van der Waals surface area contributed by atoms with E-state index in [2.05, 4.69) is 4.90 Å². The fourth-order valence-electron chi connectivity index (χ4n) is 2.29. The molecule has 1 aliphatic rings. The Kier molecular flexibility index (Phi) is 4.20. The minimum atomic E-state index is 0.104. The van der Waals surface area contributed by atoms with Gasteiger partial charge < -0.3 is 15.7 Å². The highest BCUT2D eigenvalue weighted by molar-refractivity contribution is 5.95. The van der Waals surface area contributed by atoms with Crippen LogP contribution in [-0.4, -0.2) is 30.1 Å². The first-order valence-electron chi connectivity index (χ1n) is 6.54. The fraction of sp³-hybridized carbons (Fsp3) is 0.500. The molecule has 0 radical (unpaired) electrons. The van der Waals surface area contributed by atoms with Gasteiger partial charge in [-0.25, -0.2) is 0 Å². The van der Waals surface area contributed by atoms with Gasteiger partial charge in [-0.05, 0) is 49.9 Å². The van der Waals surface area contributed by atoms with Gasteiger partial charge in [0.1, 0.15) is 5.84 Å². The van der Waals surface area contributed by atoms with Gasteiger partial charge in [-0.2, -0.15) is 0 Å². The molecule has 1 aromatic carbocycles. The molecule has 0 saturated heterocycles. The average Bonchev–Trinajstić information content (AvgIpc) is 2.32. The molecule has 4 N–H and O–H groups in total. The van der Waals surface area contributed by atoms with Crippen molar-refractivity contribution in [3.8, 4) is 0 Å². The van der Waals surface area contributed by atoms with Crippen LogP contribution in [0.1, 0.15) is 31.2 Å². The molecule has 0 aromatic heterocycles. The van der Waals surface area contributed by atoms with Crippen LogP contribution in [0.4, 0.5) is 5.69 Å². The molecule has 1 aromatic rings. The molecule has 0 amide bonds. The fourth-order valence-corrected chi connectivity index (χ4v) is 2.29. The Morgan fingerprint density at radius 3 is 2.44 bits per heavy atom. The maximum absolute atomic E-state index is 8.98. The van der Waals surface area contributed by atoms with Crippen LogP contribution in [0.5, 0.6) is 0 Å². The highest BCUT2D eigenvalue weighted by Crippen LogP contribution is 2.29. The Balaban J connectivity index is 2.11. The number of aliphatic hydroxyl groups excluding tert-OH is 1. The van der Waals surface area contributed by atoms with Crippen molar-refractivity contribution in [1.29, 1.82) is 5.41 Å². The lowest BCUT2D eigenvalue weighted by molar-refractivity contribution is 0.283. The number of aliphatic hydroxyl groups is 1. The number of nitrogens with zero attached hydrogens (tertiary/aromatic N) is 1. The average molecular weight is 247 g/mol. The molecule has 2 rings (SSSR count). The summed E-state index contributed by atoms with van der Waals surface area (Å²) in [6, 6.07) is 8.43. The lowest BCUT2D eigenvalue weighted by Crippen LogP contribution is -2.41. The molecule has 18 heavy (non-hydrogen) atoms. The third-order valence-corrected chi connectivity index (χ3v) is 3.58. The molecule has 1 fully saturated rings. The van der Waals surface area contributed by atoms with E-state index < -0.39 is 0 Å². The molecule has 0 bridgehead atoms. The van der Waals surface area contributed by atoms with E-state index in [1.807, 2.05) is 24.3 Å². The van der Waals surface area contributed by atoms with Crippen molar-refractivity contribution in [2.75, 3.05) is 18.1 Å². The van der Waals surface area contributed by atoms with E-state index in [-0.39, 0.29) is 12.4 Å². The second-order valence-corrected chi connectivity index (χ2v) is 4.82. The summed E-state index contributed by atoms with van der Waals surface area (Å²) >= 11 is 0. The molecular formula is C14H21N3O. The first kappa shape index (κ1) is 12.9. The van der Waals surface area contributed by atoms with Gasteiger partial charge in [0, 0.05) is 30.4 Å². The minimum absolute atomic E-state index is 0.104. The number of benzene rings is 1. The number of anilines is 1. The third-order valence-electron chi connectivity index (χ3n) is 3.58. The SMILES string of the molecule is N=C(N)c1ccc(N(CCCO)C2CCC2)cc1. The lowest BCUT2D eigenvalue weighted by atomic mass is 9.91. The van der Waals surface area contributed by atoms with Gasteiger partial charge >= 0.3 is 0 Å². The smallest absolute Gasteiger partial charge is 0.122 e. The van der Waals surface area contributed by atoms with E-state index in [0.29, 0.717) is 6.04 Å². The van der Waals surface area contributed by atoms with E-state index in [1.165, 1.54) is 19.3 Å². The van der Waals surface area contributed by atoms with Gasteiger partial charge in [0.2, 0.25) is 0 Å². The highest BCUT2D eigenvalue weighted by Gasteiger charge is 2.24. The van der Waals surface area contributed by atoms with Gasteiger partial charge in [0.25, 0.3) is 0 Å². The van der Waals surface area contributed by atoms with Crippen molar-refractivity contribution in [2.24, 2.45) is 5.73 Å². The van der Waals surface area contributed by atoms with Crippen molar-refractivity contribution < 1.29 is 5.11 Å². The summed E-state index contributed by atoms with van der Waals surface area (Å²) in [4.78, 5) is 2.36. The Labute approximate surface area is 108 Å². The van der Waals surface area contributed by atoms with Gasteiger partial charge in [-0.3, -0.25) is 5.41 Å². The Morgan fingerprint density at radius 2 is 2.00 bits per heavy atom. The molecule has 0 atom stereocenters. The first-order chi connectivity index (χ1) is 8.72. The summed E-state index contributed by atoms with van der Waals surface area (Å²) in [5.41, 5.74) is 7.38. The number of hydrogen-bond donors (Lipinski definition) is 3. The predicted molar refractivity (Wildman–Crippen MR) is 74.1 cm³/mol. The molecule has 0 heterocycles. The third kappa shape index (κ3) is 2.82. The summed E-state index contributed by atoms with van der Waals surface area (Å²) in [7, 11) is 0. The van der Waals surface area contributed by atoms with E-state index in [9.17, 15) is 0 Å². The van der Waals surface area contributed by atoms with E-state index in [1.54, 1.807) is 0 Å². The van der Waals surface area contributed by atoms with Gasteiger partial charge in [-0.1, -0.05) is 0 Å². The molecule has 0 aliphatic heterocycles. The van der Waals surface area contributed by atoms with Gasteiger partial charge in [0.15, 0.2) is 0 Å². The maximum Gasteiger partial charge on any atom is 0.122 e. The van der Waals surface area contributed by atoms with Crippen LogP contribution in [0.2, 0.25) is 0 Å². The first-order valence-corrected chi connectivity index (χ1v) is 6.54. The van der Waals surface area contributed by atoms with Crippen LogP contribution in [0, 0.1) is 5.41 Å². The Hall–Kier alpha value is -1.55. The largest absolute Gasteiger partial charge is 0.396 e. The van der Waals surface area contributed by atoms with Crippen molar-refractivity contribution in [3.05, 3.63) is 29.8 Å². The monoisotopic (exact) mass is 247 g/mol. The summed E-state index contributed by atoms with van der Waals surface area (Å²) in [5.74, 6) is 0.104. The van der Waals surface area contributed by atoms with Crippen molar-refractivity contribution in [3.63, 3.8) is 0 Å². The second kappa shape index (κ2) is 5.87. The molecule has 98 valence electrons. The zero-order chi connectivity index (χ0) is 13.0. The van der Waals surface area contributed by atoms with Gasteiger partial charge in [0.05, 0.1) is 0 Å². The summed E-state index contributed by atoms with van der Waals surface area (Å²) < 4.78 is 0. The summed E-state index contributed by atoms with van der Waals surface area (Å²) in [6.45, 7) is 1.12. The number of nitrogens with two attached hydrogens (primary N) is 1. The lowest BCUT2D eigenvalue weighted by Gasteiger charge is -2.39. The second-order valence-electron chi connectivity index (χ2n) is 4.82. The number of nitrogens with one attached hydrogen (secondary N) is 1. The van der Waals surface area contributed by atoms with Crippen LogP contribution in [0.3, 0.4) is 0 Å². The summed E-state index contributed by atoms with van der Waals surface area (Å²) in [6.07, 6.45) is 4.57. The molecule has 4 heteroatoms. The van der Waals surface area contributed by atoms with E-state index in [4.69, 9.17) is 16.2 Å². The van der Waals surface area contributed by atoms with E-state index >= 15 is 0 Å². The van der Waals surface area contributed by atoms with Crippen LogP contribution in [-0.2, 0) is 0 Å². The number of amidine groups is 1. The van der Waals surface area contributed by atoms with Gasteiger partial charge in [-0.15, -0.1) is 0 Å². The maximum atomic E-state index is 8.98.